The van der Waals surface area contributed by atoms with E-state index in [0.717, 1.165) is 38.2 Å². The Hall–Kier alpha value is -1.10. The molecule has 1 atom stereocenters. The minimum absolute atomic E-state index is 0.0119. The van der Waals surface area contributed by atoms with Crippen molar-refractivity contribution in [1.82, 2.24) is 4.90 Å². The second-order valence-electron chi connectivity index (χ2n) is 5.28. The molecular weight excluding hydrogens is 276 g/mol. The van der Waals surface area contributed by atoms with Crippen molar-refractivity contribution in [2.24, 2.45) is 5.92 Å². The SMILES string of the molecule is O=C(CCN1CCC(CCO)C1)Nc1cccc(Cl)c1. The number of aliphatic hydroxyl groups excluding tert-OH is 1. The second-order valence-corrected chi connectivity index (χ2v) is 5.71. The van der Waals surface area contributed by atoms with Gasteiger partial charge in [-0.2, -0.15) is 0 Å². The molecule has 20 heavy (non-hydrogen) atoms. The Morgan fingerprint density at radius 1 is 1.50 bits per heavy atom. The number of likely N-dealkylation sites (tertiary alicyclic amines) is 1. The fourth-order valence-corrected chi connectivity index (χ4v) is 2.77. The molecule has 0 bridgehead atoms. The maximum absolute atomic E-state index is 11.9. The standard InChI is InChI=1S/C15H21ClN2O2/c16-13-2-1-3-14(10-13)17-15(20)5-8-18-7-4-12(11-18)6-9-19/h1-3,10,12,19H,4-9,11H2,(H,17,20). The highest BCUT2D eigenvalue weighted by Crippen LogP contribution is 2.19. The average Bonchev–Trinajstić information content (AvgIpc) is 2.85. The summed E-state index contributed by atoms with van der Waals surface area (Å²) in [7, 11) is 0. The van der Waals surface area contributed by atoms with Gasteiger partial charge in [0.1, 0.15) is 0 Å². The molecule has 1 amide bonds. The van der Waals surface area contributed by atoms with E-state index in [1.165, 1.54) is 0 Å². The molecule has 110 valence electrons. The molecule has 5 heteroatoms. The summed E-state index contributed by atoms with van der Waals surface area (Å²) in [4.78, 5) is 14.2. The van der Waals surface area contributed by atoms with E-state index < -0.39 is 0 Å². The van der Waals surface area contributed by atoms with Crippen LogP contribution in [0.3, 0.4) is 0 Å². The van der Waals surface area contributed by atoms with Gasteiger partial charge in [-0.1, -0.05) is 17.7 Å². The van der Waals surface area contributed by atoms with Crippen LogP contribution in [-0.4, -0.2) is 42.2 Å². The highest BCUT2D eigenvalue weighted by Gasteiger charge is 2.21. The number of rotatable bonds is 6. The van der Waals surface area contributed by atoms with Gasteiger partial charge in [0.2, 0.25) is 5.91 Å². The first kappa shape index (κ1) is 15.3. The van der Waals surface area contributed by atoms with Crippen LogP contribution in [0.1, 0.15) is 19.3 Å². The van der Waals surface area contributed by atoms with Crippen LogP contribution in [0.15, 0.2) is 24.3 Å². The van der Waals surface area contributed by atoms with E-state index in [1.54, 1.807) is 12.1 Å². The molecule has 0 saturated carbocycles. The first-order valence-corrected chi connectivity index (χ1v) is 7.44. The third kappa shape index (κ3) is 4.78. The lowest BCUT2D eigenvalue weighted by Crippen LogP contribution is -2.26. The molecule has 1 aliphatic heterocycles. The Morgan fingerprint density at radius 3 is 3.10 bits per heavy atom. The molecule has 1 aromatic rings. The van der Waals surface area contributed by atoms with Crippen molar-refractivity contribution in [2.45, 2.75) is 19.3 Å². The van der Waals surface area contributed by atoms with E-state index in [0.29, 0.717) is 17.4 Å². The van der Waals surface area contributed by atoms with Crippen molar-refractivity contribution in [1.29, 1.82) is 0 Å². The predicted octanol–water partition coefficient (Wildman–Crippen LogP) is 2.37. The normalized spacial score (nSPS) is 19.2. The minimum atomic E-state index is 0.0119. The van der Waals surface area contributed by atoms with E-state index in [2.05, 4.69) is 10.2 Å². The van der Waals surface area contributed by atoms with Crippen molar-refractivity contribution in [3.63, 3.8) is 0 Å². The molecule has 0 aromatic heterocycles. The number of carbonyl (C=O) groups is 1. The Bertz CT molecular complexity index is 453. The Morgan fingerprint density at radius 2 is 2.35 bits per heavy atom. The minimum Gasteiger partial charge on any atom is -0.396 e. The van der Waals surface area contributed by atoms with Gasteiger partial charge in [0.05, 0.1) is 0 Å². The van der Waals surface area contributed by atoms with Crippen LogP contribution in [-0.2, 0) is 4.79 Å². The van der Waals surface area contributed by atoms with Gasteiger partial charge in [-0.15, -0.1) is 0 Å². The number of amides is 1. The Labute approximate surface area is 124 Å². The van der Waals surface area contributed by atoms with E-state index in [9.17, 15) is 4.79 Å². The van der Waals surface area contributed by atoms with Gasteiger partial charge in [-0.05, 0) is 43.5 Å². The lowest BCUT2D eigenvalue weighted by molar-refractivity contribution is -0.116. The molecule has 0 aliphatic carbocycles. The van der Waals surface area contributed by atoms with Crippen LogP contribution in [0.5, 0.6) is 0 Å². The number of carbonyl (C=O) groups excluding carboxylic acids is 1. The summed E-state index contributed by atoms with van der Waals surface area (Å²) in [5, 5.41) is 12.4. The highest BCUT2D eigenvalue weighted by molar-refractivity contribution is 6.30. The number of benzene rings is 1. The summed E-state index contributed by atoms with van der Waals surface area (Å²) < 4.78 is 0. The number of hydrogen-bond donors (Lipinski definition) is 2. The Balaban J connectivity index is 1.70. The summed E-state index contributed by atoms with van der Waals surface area (Å²) in [6.45, 7) is 3.04. The summed E-state index contributed by atoms with van der Waals surface area (Å²) in [5.74, 6) is 0.592. The zero-order valence-electron chi connectivity index (χ0n) is 11.5. The maximum atomic E-state index is 11.9. The molecule has 2 N–H and O–H groups in total. The van der Waals surface area contributed by atoms with Crippen molar-refractivity contribution < 1.29 is 9.90 Å². The third-order valence-electron chi connectivity index (χ3n) is 3.67. The monoisotopic (exact) mass is 296 g/mol. The second kappa shape index (κ2) is 7.62. The fraction of sp³-hybridized carbons (Fsp3) is 0.533. The van der Waals surface area contributed by atoms with Crippen LogP contribution >= 0.6 is 11.6 Å². The summed E-state index contributed by atoms with van der Waals surface area (Å²) in [6, 6.07) is 7.17. The number of halogens is 1. The van der Waals surface area contributed by atoms with Gasteiger partial charge in [-0.3, -0.25) is 4.79 Å². The van der Waals surface area contributed by atoms with Crippen molar-refractivity contribution >= 4 is 23.2 Å². The van der Waals surface area contributed by atoms with E-state index >= 15 is 0 Å². The van der Waals surface area contributed by atoms with E-state index in [-0.39, 0.29) is 12.5 Å². The van der Waals surface area contributed by atoms with Gasteiger partial charge in [0.25, 0.3) is 0 Å². The lowest BCUT2D eigenvalue weighted by atomic mass is 10.1. The van der Waals surface area contributed by atoms with Crippen LogP contribution in [0.25, 0.3) is 0 Å². The molecule has 1 heterocycles. The largest absolute Gasteiger partial charge is 0.396 e. The molecule has 0 radical (unpaired) electrons. The third-order valence-corrected chi connectivity index (χ3v) is 3.91. The zero-order chi connectivity index (χ0) is 14.4. The van der Waals surface area contributed by atoms with Gasteiger partial charge in [0, 0.05) is 36.8 Å². The molecule has 1 aromatic carbocycles. The first-order chi connectivity index (χ1) is 9.67. The first-order valence-electron chi connectivity index (χ1n) is 7.06. The number of hydrogen-bond acceptors (Lipinski definition) is 3. The quantitative estimate of drug-likeness (QED) is 0.847. The number of anilines is 1. The van der Waals surface area contributed by atoms with Crippen LogP contribution < -0.4 is 5.32 Å². The Kier molecular flexibility index (Phi) is 5.83. The molecule has 1 unspecified atom stereocenters. The summed E-state index contributed by atoms with van der Waals surface area (Å²) in [6.07, 6.45) is 2.47. The summed E-state index contributed by atoms with van der Waals surface area (Å²) in [5.41, 5.74) is 0.738. The number of nitrogens with one attached hydrogen (secondary N) is 1. The molecular formula is C15H21ClN2O2. The van der Waals surface area contributed by atoms with Gasteiger partial charge in [-0.25, -0.2) is 0 Å². The molecule has 2 rings (SSSR count). The van der Waals surface area contributed by atoms with Crippen LogP contribution in [0, 0.1) is 5.92 Å². The van der Waals surface area contributed by atoms with Gasteiger partial charge in [0.15, 0.2) is 0 Å². The van der Waals surface area contributed by atoms with E-state index in [4.69, 9.17) is 16.7 Å². The van der Waals surface area contributed by atoms with Crippen molar-refractivity contribution in [2.75, 3.05) is 31.6 Å². The smallest absolute Gasteiger partial charge is 0.225 e. The molecule has 1 fully saturated rings. The van der Waals surface area contributed by atoms with Crippen LogP contribution in [0.2, 0.25) is 5.02 Å². The van der Waals surface area contributed by atoms with Gasteiger partial charge < -0.3 is 15.3 Å². The summed E-state index contributed by atoms with van der Waals surface area (Å²) >= 11 is 5.87. The highest BCUT2D eigenvalue weighted by atomic mass is 35.5. The number of aliphatic hydroxyl groups is 1. The predicted molar refractivity (Wildman–Crippen MR) is 80.9 cm³/mol. The van der Waals surface area contributed by atoms with Crippen molar-refractivity contribution in [3.8, 4) is 0 Å². The van der Waals surface area contributed by atoms with Crippen LogP contribution in [0.4, 0.5) is 5.69 Å². The molecule has 0 spiro atoms. The molecule has 4 nitrogen and oxygen atoms in total. The van der Waals surface area contributed by atoms with Gasteiger partial charge >= 0.3 is 0 Å². The fourth-order valence-electron chi connectivity index (χ4n) is 2.58. The topological polar surface area (TPSA) is 52.6 Å². The molecule has 1 saturated heterocycles. The maximum Gasteiger partial charge on any atom is 0.225 e. The van der Waals surface area contributed by atoms with Crippen molar-refractivity contribution in [3.05, 3.63) is 29.3 Å². The zero-order valence-corrected chi connectivity index (χ0v) is 12.3. The lowest BCUT2D eigenvalue weighted by Gasteiger charge is -2.15. The average molecular weight is 297 g/mol. The number of nitrogens with zero attached hydrogens (tertiary/aromatic N) is 1. The van der Waals surface area contributed by atoms with E-state index in [1.807, 2.05) is 12.1 Å². The molecule has 1 aliphatic rings.